The molecule has 0 aliphatic heterocycles. The van der Waals surface area contributed by atoms with Crippen molar-refractivity contribution in [2.45, 2.75) is 13.3 Å². The van der Waals surface area contributed by atoms with Crippen molar-refractivity contribution in [1.82, 2.24) is 10.7 Å². The van der Waals surface area contributed by atoms with Gasteiger partial charge in [0.05, 0.1) is 39.1 Å². The second-order valence-corrected chi connectivity index (χ2v) is 9.01. The van der Waals surface area contributed by atoms with Crippen molar-refractivity contribution in [3.05, 3.63) is 95.6 Å². The molecule has 0 heterocycles. The van der Waals surface area contributed by atoms with Crippen molar-refractivity contribution in [3.63, 3.8) is 0 Å². The van der Waals surface area contributed by atoms with E-state index in [0.717, 1.165) is 17.2 Å². The van der Waals surface area contributed by atoms with Crippen LogP contribution in [0.1, 0.15) is 39.6 Å². The zero-order chi connectivity index (χ0) is 29.9. The van der Waals surface area contributed by atoms with E-state index < -0.39 is 17.8 Å². The number of nitrogens with zero attached hydrogens (tertiary/aromatic N) is 1. The molecule has 216 valence electrons. The summed E-state index contributed by atoms with van der Waals surface area (Å²) in [7, 11) is 2.98. The highest BCUT2D eigenvalue weighted by Crippen LogP contribution is 2.30. The number of amides is 2. The van der Waals surface area contributed by atoms with Crippen LogP contribution in [0.4, 0.5) is 0 Å². The maximum atomic E-state index is 13.0. The topological polar surface area (TPSA) is 125 Å². The minimum absolute atomic E-state index is 0.242. The van der Waals surface area contributed by atoms with E-state index in [-0.39, 0.29) is 17.9 Å². The molecule has 0 unspecified atom stereocenters. The van der Waals surface area contributed by atoms with Crippen LogP contribution in [0, 0.1) is 0 Å². The molecule has 0 fully saturated rings. The monoisotopic (exact) mass is 569 g/mol. The van der Waals surface area contributed by atoms with Gasteiger partial charge >= 0.3 is 5.97 Å². The van der Waals surface area contributed by atoms with E-state index in [1.807, 2.05) is 37.3 Å². The van der Waals surface area contributed by atoms with E-state index in [4.69, 9.17) is 18.9 Å². The SMILES string of the molecule is CCCOc1ccc(C(=O)NCC(=O)N/N=C\c2c(OC(=O)c3ccc(OC)c(OC)c3)ccc3ccccc23)cc1. The quantitative estimate of drug-likeness (QED) is 0.109. The predicted octanol–water partition coefficient (Wildman–Crippen LogP) is 4.75. The lowest BCUT2D eigenvalue weighted by molar-refractivity contribution is -0.120. The smallest absolute Gasteiger partial charge is 0.343 e. The Bertz CT molecular complexity index is 1600. The number of hydrogen-bond acceptors (Lipinski definition) is 8. The first-order chi connectivity index (χ1) is 20.4. The molecular formula is C32H31N3O7. The Balaban J connectivity index is 1.43. The number of ether oxygens (including phenoxy) is 4. The number of carbonyl (C=O) groups excluding carboxylic acids is 3. The van der Waals surface area contributed by atoms with Crippen LogP contribution >= 0.6 is 0 Å². The molecule has 10 nitrogen and oxygen atoms in total. The van der Waals surface area contributed by atoms with Crippen molar-refractivity contribution >= 4 is 34.8 Å². The molecular weight excluding hydrogens is 538 g/mol. The summed E-state index contributed by atoms with van der Waals surface area (Å²) in [5.74, 6) is 0.224. The van der Waals surface area contributed by atoms with E-state index in [9.17, 15) is 14.4 Å². The van der Waals surface area contributed by atoms with Gasteiger partial charge in [0.15, 0.2) is 11.5 Å². The van der Waals surface area contributed by atoms with E-state index in [2.05, 4.69) is 15.8 Å². The van der Waals surface area contributed by atoms with Gasteiger partial charge in [-0.25, -0.2) is 10.2 Å². The van der Waals surface area contributed by atoms with Crippen molar-refractivity contribution in [1.29, 1.82) is 0 Å². The number of carbonyl (C=O) groups is 3. The number of fused-ring (bicyclic) bond motifs is 1. The van der Waals surface area contributed by atoms with E-state index in [0.29, 0.717) is 35.0 Å². The van der Waals surface area contributed by atoms with E-state index in [1.165, 1.54) is 26.5 Å². The fourth-order valence-corrected chi connectivity index (χ4v) is 4.01. The second-order valence-electron chi connectivity index (χ2n) is 9.01. The highest BCUT2D eigenvalue weighted by molar-refractivity contribution is 6.04. The van der Waals surface area contributed by atoms with Gasteiger partial charge in [-0.1, -0.05) is 37.3 Å². The Morgan fingerprint density at radius 3 is 2.29 bits per heavy atom. The molecule has 4 aromatic carbocycles. The molecule has 0 aromatic heterocycles. The van der Waals surface area contributed by atoms with Gasteiger partial charge in [-0.15, -0.1) is 0 Å². The van der Waals surface area contributed by atoms with Gasteiger partial charge in [0.1, 0.15) is 11.5 Å². The predicted molar refractivity (Wildman–Crippen MR) is 159 cm³/mol. The highest BCUT2D eigenvalue weighted by Gasteiger charge is 2.16. The summed E-state index contributed by atoms with van der Waals surface area (Å²) in [6.45, 7) is 2.31. The van der Waals surface area contributed by atoms with Gasteiger partial charge in [0.2, 0.25) is 0 Å². The van der Waals surface area contributed by atoms with Crippen LogP contribution in [-0.2, 0) is 4.79 Å². The molecule has 4 aromatic rings. The Kier molecular flexibility index (Phi) is 10.1. The average molecular weight is 570 g/mol. The first kappa shape index (κ1) is 29.6. The van der Waals surface area contributed by atoms with E-state index in [1.54, 1.807) is 42.5 Å². The molecule has 2 amide bonds. The molecule has 4 rings (SSSR count). The first-order valence-corrected chi connectivity index (χ1v) is 13.2. The molecule has 0 saturated heterocycles. The lowest BCUT2D eigenvalue weighted by Gasteiger charge is -2.12. The lowest BCUT2D eigenvalue weighted by atomic mass is 10.0. The average Bonchev–Trinajstić information content (AvgIpc) is 3.03. The third-order valence-corrected chi connectivity index (χ3v) is 6.13. The van der Waals surface area contributed by atoms with Gasteiger partial charge in [0.25, 0.3) is 11.8 Å². The molecule has 0 atom stereocenters. The summed E-state index contributed by atoms with van der Waals surface area (Å²) >= 11 is 0. The Morgan fingerprint density at radius 2 is 1.55 bits per heavy atom. The van der Waals surface area contributed by atoms with Gasteiger partial charge in [0, 0.05) is 11.1 Å². The summed E-state index contributed by atoms with van der Waals surface area (Å²) in [6, 6.07) is 22.3. The second kappa shape index (κ2) is 14.3. The van der Waals surface area contributed by atoms with Crippen LogP contribution in [0.5, 0.6) is 23.0 Å². The fourth-order valence-electron chi connectivity index (χ4n) is 4.01. The molecule has 10 heteroatoms. The highest BCUT2D eigenvalue weighted by atomic mass is 16.5. The summed E-state index contributed by atoms with van der Waals surface area (Å²) < 4.78 is 21.8. The molecule has 0 aliphatic carbocycles. The van der Waals surface area contributed by atoms with Crippen LogP contribution in [0.2, 0.25) is 0 Å². The summed E-state index contributed by atoms with van der Waals surface area (Å²) in [4.78, 5) is 37.8. The molecule has 0 radical (unpaired) electrons. The van der Waals surface area contributed by atoms with Gasteiger partial charge < -0.3 is 24.3 Å². The zero-order valence-electron chi connectivity index (χ0n) is 23.5. The van der Waals surface area contributed by atoms with Crippen molar-refractivity contribution < 1.29 is 33.3 Å². The minimum Gasteiger partial charge on any atom is -0.494 e. The number of methoxy groups -OCH3 is 2. The summed E-state index contributed by atoms with van der Waals surface area (Å²) in [5, 5.41) is 8.25. The first-order valence-electron chi connectivity index (χ1n) is 13.2. The van der Waals surface area contributed by atoms with Crippen molar-refractivity contribution in [2.24, 2.45) is 5.10 Å². The van der Waals surface area contributed by atoms with Crippen LogP contribution in [-0.4, -0.2) is 51.4 Å². The molecule has 42 heavy (non-hydrogen) atoms. The number of hydrogen-bond donors (Lipinski definition) is 2. The number of benzene rings is 4. The summed E-state index contributed by atoms with van der Waals surface area (Å²) in [6.07, 6.45) is 2.28. The van der Waals surface area contributed by atoms with Gasteiger partial charge in [-0.3, -0.25) is 9.59 Å². The fraction of sp³-hybridized carbons (Fsp3) is 0.188. The maximum absolute atomic E-state index is 13.0. The van der Waals surface area contributed by atoms with Crippen LogP contribution in [0.25, 0.3) is 10.8 Å². The van der Waals surface area contributed by atoms with Crippen molar-refractivity contribution in [3.8, 4) is 23.0 Å². The molecule has 0 bridgehead atoms. The zero-order valence-corrected chi connectivity index (χ0v) is 23.5. The third kappa shape index (κ3) is 7.42. The number of esters is 1. The Morgan fingerprint density at radius 1 is 0.833 bits per heavy atom. The van der Waals surface area contributed by atoms with Gasteiger partial charge in [-0.05, 0) is 65.7 Å². The van der Waals surface area contributed by atoms with Crippen molar-refractivity contribution in [2.75, 3.05) is 27.4 Å². The lowest BCUT2D eigenvalue weighted by Crippen LogP contribution is -2.34. The van der Waals surface area contributed by atoms with Crippen LogP contribution in [0.15, 0.2) is 84.0 Å². The number of hydrazone groups is 1. The molecule has 2 N–H and O–H groups in total. The standard InChI is InChI=1S/C32H31N3O7/c1-4-17-41-24-13-9-22(10-14-24)31(37)33-20-30(36)35-34-19-26-25-8-6-5-7-21(25)11-15-27(26)42-32(38)23-12-16-28(39-2)29(18-23)40-3/h5-16,18-19H,4,17,20H2,1-3H3,(H,33,37)(H,35,36)/b34-19-. The maximum Gasteiger partial charge on any atom is 0.343 e. The third-order valence-electron chi connectivity index (χ3n) is 6.13. The Labute approximate surface area is 243 Å². The molecule has 0 aliphatic rings. The summed E-state index contributed by atoms with van der Waals surface area (Å²) in [5.41, 5.74) is 3.54. The van der Waals surface area contributed by atoms with Crippen LogP contribution in [0.3, 0.4) is 0 Å². The number of rotatable bonds is 12. The molecule has 0 spiro atoms. The van der Waals surface area contributed by atoms with Crippen LogP contribution < -0.4 is 29.7 Å². The van der Waals surface area contributed by atoms with E-state index >= 15 is 0 Å². The number of nitrogens with one attached hydrogen (secondary N) is 2. The normalized spacial score (nSPS) is 10.7. The minimum atomic E-state index is -0.613. The Hall–Kier alpha value is -5.38. The molecule has 0 saturated carbocycles. The van der Waals surface area contributed by atoms with Gasteiger partial charge in [-0.2, -0.15) is 5.10 Å². The largest absolute Gasteiger partial charge is 0.494 e.